The zero-order valence-corrected chi connectivity index (χ0v) is 14.4. The number of nitrogens with one attached hydrogen (secondary N) is 1. The first-order valence-corrected chi connectivity index (χ1v) is 8.58. The van der Waals surface area contributed by atoms with Crippen molar-refractivity contribution in [2.45, 2.75) is 51.6 Å². The van der Waals surface area contributed by atoms with Crippen molar-refractivity contribution >= 4 is 21.9 Å². The first kappa shape index (κ1) is 16.5. The molecule has 0 bridgehead atoms. The summed E-state index contributed by atoms with van der Waals surface area (Å²) in [7, 11) is 0. The van der Waals surface area contributed by atoms with Crippen molar-refractivity contribution in [3.8, 4) is 0 Å². The van der Waals surface area contributed by atoms with Gasteiger partial charge in [0.25, 0.3) is 0 Å². The number of rotatable bonds is 5. The van der Waals surface area contributed by atoms with E-state index in [-0.39, 0.29) is 17.9 Å². The van der Waals surface area contributed by atoms with Gasteiger partial charge in [-0.15, -0.1) is 0 Å². The fourth-order valence-corrected chi connectivity index (χ4v) is 3.71. The topological polar surface area (TPSA) is 38.3 Å². The van der Waals surface area contributed by atoms with Gasteiger partial charge >= 0.3 is 5.97 Å². The Morgan fingerprint density at radius 3 is 2.90 bits per heavy atom. The average Bonchev–Trinajstić information content (AvgIpc) is 2.48. The maximum Gasteiger partial charge on any atom is 0.308 e. The van der Waals surface area contributed by atoms with Crippen molar-refractivity contribution in [2.75, 3.05) is 6.61 Å². The van der Waals surface area contributed by atoms with Crippen LogP contribution >= 0.6 is 15.9 Å². The van der Waals surface area contributed by atoms with Gasteiger partial charge in [-0.2, -0.15) is 0 Å². The van der Waals surface area contributed by atoms with Crippen LogP contribution in [-0.2, 0) is 9.53 Å². The highest BCUT2D eigenvalue weighted by molar-refractivity contribution is 9.10. The highest BCUT2D eigenvalue weighted by Gasteiger charge is 2.29. The number of benzene rings is 1. The minimum Gasteiger partial charge on any atom is -0.466 e. The van der Waals surface area contributed by atoms with Gasteiger partial charge in [0.1, 0.15) is 0 Å². The van der Waals surface area contributed by atoms with E-state index in [2.05, 4.69) is 46.4 Å². The fraction of sp³-hybridized carbons (Fsp3) is 0.588. The van der Waals surface area contributed by atoms with Crippen LogP contribution in [0.3, 0.4) is 0 Å². The van der Waals surface area contributed by atoms with Gasteiger partial charge in [0.2, 0.25) is 0 Å². The lowest BCUT2D eigenvalue weighted by Gasteiger charge is -2.31. The number of hydrogen-bond acceptors (Lipinski definition) is 3. The first-order chi connectivity index (χ1) is 10.1. The molecule has 1 N–H and O–H groups in total. The lowest BCUT2D eigenvalue weighted by atomic mass is 9.85. The van der Waals surface area contributed by atoms with Gasteiger partial charge < -0.3 is 10.1 Å². The molecular formula is C17H24BrNO2. The second-order valence-corrected chi connectivity index (χ2v) is 6.58. The molecule has 0 aromatic heterocycles. The molecule has 4 heteroatoms. The monoisotopic (exact) mass is 353 g/mol. The Morgan fingerprint density at radius 1 is 1.43 bits per heavy atom. The van der Waals surface area contributed by atoms with E-state index in [0.717, 1.165) is 30.2 Å². The summed E-state index contributed by atoms with van der Waals surface area (Å²) in [6.07, 6.45) is 4.06. The van der Waals surface area contributed by atoms with Gasteiger partial charge in [0.15, 0.2) is 0 Å². The maximum atomic E-state index is 11.9. The molecule has 3 atom stereocenters. The largest absolute Gasteiger partial charge is 0.466 e. The average molecular weight is 354 g/mol. The van der Waals surface area contributed by atoms with E-state index in [1.807, 2.05) is 13.0 Å². The number of ether oxygens (including phenoxy) is 1. The highest BCUT2D eigenvalue weighted by atomic mass is 79.9. The minimum atomic E-state index is -0.0301. The number of hydrogen-bond donors (Lipinski definition) is 1. The van der Waals surface area contributed by atoms with Crippen molar-refractivity contribution in [1.82, 2.24) is 5.32 Å². The molecule has 1 saturated carbocycles. The quantitative estimate of drug-likeness (QED) is 0.805. The molecule has 2 rings (SSSR count). The number of carbonyl (C=O) groups is 1. The van der Waals surface area contributed by atoms with E-state index < -0.39 is 0 Å². The second kappa shape index (κ2) is 7.95. The molecule has 3 nitrogen and oxygen atoms in total. The van der Waals surface area contributed by atoms with E-state index in [0.29, 0.717) is 12.6 Å². The molecule has 116 valence electrons. The summed E-state index contributed by atoms with van der Waals surface area (Å²) in [6, 6.07) is 8.93. The van der Waals surface area contributed by atoms with Crippen molar-refractivity contribution < 1.29 is 9.53 Å². The van der Waals surface area contributed by atoms with E-state index in [4.69, 9.17) is 4.74 Å². The summed E-state index contributed by atoms with van der Waals surface area (Å²) in [5.41, 5.74) is 1.26. The Morgan fingerprint density at radius 2 is 2.19 bits per heavy atom. The Labute approximate surface area is 135 Å². The normalized spacial score (nSPS) is 23.6. The zero-order valence-electron chi connectivity index (χ0n) is 12.8. The van der Waals surface area contributed by atoms with E-state index in [9.17, 15) is 4.79 Å². The van der Waals surface area contributed by atoms with Gasteiger partial charge in [0.05, 0.1) is 12.5 Å². The van der Waals surface area contributed by atoms with Crippen LogP contribution in [-0.4, -0.2) is 18.6 Å². The Bertz CT molecular complexity index is 478. The van der Waals surface area contributed by atoms with Gasteiger partial charge in [-0.25, -0.2) is 0 Å². The van der Waals surface area contributed by atoms with Gasteiger partial charge in [0, 0.05) is 16.6 Å². The van der Waals surface area contributed by atoms with Crippen molar-refractivity contribution in [2.24, 2.45) is 5.92 Å². The van der Waals surface area contributed by atoms with Crippen LogP contribution in [0, 0.1) is 5.92 Å². The first-order valence-electron chi connectivity index (χ1n) is 7.79. The summed E-state index contributed by atoms with van der Waals surface area (Å²) in [6.45, 7) is 4.51. The molecule has 1 aliphatic carbocycles. The smallest absolute Gasteiger partial charge is 0.308 e. The van der Waals surface area contributed by atoms with E-state index in [1.165, 1.54) is 5.56 Å². The molecule has 0 saturated heterocycles. The van der Waals surface area contributed by atoms with Gasteiger partial charge in [-0.3, -0.25) is 4.79 Å². The summed E-state index contributed by atoms with van der Waals surface area (Å²) >= 11 is 3.60. The van der Waals surface area contributed by atoms with Gasteiger partial charge in [-0.05, 0) is 44.7 Å². The number of esters is 1. The second-order valence-electron chi connectivity index (χ2n) is 5.72. The van der Waals surface area contributed by atoms with Crippen molar-refractivity contribution in [3.05, 3.63) is 34.3 Å². The third-order valence-electron chi connectivity index (χ3n) is 4.15. The lowest BCUT2D eigenvalue weighted by Crippen LogP contribution is -2.38. The molecule has 0 aliphatic heterocycles. The molecule has 1 fully saturated rings. The van der Waals surface area contributed by atoms with E-state index >= 15 is 0 Å². The zero-order chi connectivity index (χ0) is 15.2. The molecule has 0 spiro atoms. The SMILES string of the molecule is CCOC(=O)C1CCCC(N[C@H](C)c2ccccc2Br)C1. The Balaban J connectivity index is 1.93. The molecule has 1 aromatic carbocycles. The lowest BCUT2D eigenvalue weighted by molar-refractivity contribution is -0.149. The predicted octanol–water partition coefficient (Wildman–Crippen LogP) is 4.22. The Kier molecular flexibility index (Phi) is 6.24. The van der Waals surface area contributed by atoms with Crippen LogP contribution in [0.2, 0.25) is 0 Å². The van der Waals surface area contributed by atoms with Crippen LogP contribution in [0.1, 0.15) is 51.1 Å². The molecule has 1 aliphatic rings. The predicted molar refractivity (Wildman–Crippen MR) is 88.1 cm³/mol. The minimum absolute atomic E-state index is 0.0301. The Hall–Kier alpha value is -0.870. The highest BCUT2D eigenvalue weighted by Crippen LogP contribution is 2.29. The summed E-state index contributed by atoms with van der Waals surface area (Å²) < 4.78 is 6.29. The van der Waals surface area contributed by atoms with Crippen molar-refractivity contribution in [1.29, 1.82) is 0 Å². The number of halogens is 1. The van der Waals surface area contributed by atoms with Crippen LogP contribution in [0.25, 0.3) is 0 Å². The molecule has 2 unspecified atom stereocenters. The third-order valence-corrected chi connectivity index (χ3v) is 4.87. The third kappa shape index (κ3) is 4.55. The summed E-state index contributed by atoms with van der Waals surface area (Å²) in [4.78, 5) is 11.9. The van der Waals surface area contributed by atoms with Gasteiger partial charge in [-0.1, -0.05) is 40.5 Å². The fourth-order valence-electron chi connectivity index (χ4n) is 3.08. The summed E-state index contributed by atoms with van der Waals surface area (Å²) in [5.74, 6) is 0.0279. The maximum absolute atomic E-state index is 11.9. The number of carbonyl (C=O) groups excluding carboxylic acids is 1. The molecule has 0 amide bonds. The standard InChI is InChI=1S/C17H24BrNO2/c1-3-21-17(20)13-7-6-8-14(11-13)19-12(2)15-9-4-5-10-16(15)18/h4-5,9-10,12-14,19H,3,6-8,11H2,1-2H3/t12-,13?,14?/m1/s1. The van der Waals surface area contributed by atoms with Crippen LogP contribution in [0.5, 0.6) is 0 Å². The molecule has 0 radical (unpaired) electrons. The molecule has 1 aromatic rings. The van der Waals surface area contributed by atoms with Crippen LogP contribution in [0.4, 0.5) is 0 Å². The molecule has 0 heterocycles. The molecule has 21 heavy (non-hydrogen) atoms. The van der Waals surface area contributed by atoms with Crippen LogP contribution < -0.4 is 5.32 Å². The molecular weight excluding hydrogens is 330 g/mol. The summed E-state index contributed by atoms with van der Waals surface area (Å²) in [5, 5.41) is 3.67. The van der Waals surface area contributed by atoms with Crippen LogP contribution in [0.15, 0.2) is 28.7 Å². The van der Waals surface area contributed by atoms with Crippen molar-refractivity contribution in [3.63, 3.8) is 0 Å². The van der Waals surface area contributed by atoms with E-state index in [1.54, 1.807) is 0 Å².